The third-order valence-electron chi connectivity index (χ3n) is 5.56. The van der Waals surface area contributed by atoms with Gasteiger partial charge in [0, 0.05) is 18.0 Å². The molecule has 0 fully saturated rings. The van der Waals surface area contributed by atoms with Crippen LogP contribution < -0.4 is 20.1 Å². The topological polar surface area (TPSA) is 103 Å². The molecule has 2 N–H and O–H groups in total. The Balaban J connectivity index is 1.42. The zero-order chi connectivity index (χ0) is 25.8. The van der Waals surface area contributed by atoms with E-state index in [4.69, 9.17) is 14.2 Å². The molecule has 0 saturated carbocycles. The highest BCUT2D eigenvalue weighted by atomic mass is 16.5. The Hall–Kier alpha value is -4.33. The Kier molecular flexibility index (Phi) is 9.88. The first-order valence-electron chi connectivity index (χ1n) is 11.5. The summed E-state index contributed by atoms with van der Waals surface area (Å²) in [5.41, 5.74) is 2.62. The van der Waals surface area contributed by atoms with Crippen LogP contribution >= 0.6 is 0 Å². The molecule has 0 atom stereocenters. The minimum atomic E-state index is -0.717. The lowest BCUT2D eigenvalue weighted by molar-refractivity contribution is -0.147. The van der Waals surface area contributed by atoms with Gasteiger partial charge in [0.2, 0.25) is 0 Å². The van der Waals surface area contributed by atoms with Crippen molar-refractivity contribution >= 4 is 17.8 Å². The largest absolute Gasteiger partial charge is 0.493 e. The molecule has 0 aromatic heterocycles. The first-order valence-corrected chi connectivity index (χ1v) is 11.5. The van der Waals surface area contributed by atoms with Gasteiger partial charge in [0.1, 0.15) is 6.54 Å². The Morgan fingerprint density at radius 3 is 1.97 bits per heavy atom. The molecule has 0 aliphatic heterocycles. The number of esters is 1. The normalized spacial score (nSPS) is 10.4. The van der Waals surface area contributed by atoms with Crippen LogP contribution in [0.2, 0.25) is 0 Å². The molecule has 8 heteroatoms. The summed E-state index contributed by atoms with van der Waals surface area (Å²) in [6.45, 7) is -0.377. The van der Waals surface area contributed by atoms with Crippen LogP contribution in [0.1, 0.15) is 33.8 Å². The molecule has 0 aliphatic rings. The monoisotopic (exact) mass is 490 g/mol. The second-order valence-corrected chi connectivity index (χ2v) is 7.93. The maximum atomic E-state index is 12.3. The predicted octanol–water partition coefficient (Wildman–Crippen LogP) is 3.32. The maximum absolute atomic E-state index is 12.3. The first kappa shape index (κ1) is 26.3. The lowest BCUT2D eigenvalue weighted by Gasteiger charge is -2.18. The molecule has 3 aromatic rings. The van der Waals surface area contributed by atoms with Gasteiger partial charge in [-0.05, 0) is 35.7 Å². The Morgan fingerprint density at radius 1 is 0.778 bits per heavy atom. The number of rotatable bonds is 12. The smallest absolute Gasteiger partial charge is 0.325 e. The minimum absolute atomic E-state index is 0.127. The quantitative estimate of drug-likeness (QED) is 0.378. The molecule has 36 heavy (non-hydrogen) atoms. The molecular formula is C28H30N2O6. The summed E-state index contributed by atoms with van der Waals surface area (Å²) in [5, 5.41) is 5.26. The van der Waals surface area contributed by atoms with Crippen molar-refractivity contribution in [2.75, 3.05) is 33.9 Å². The minimum Gasteiger partial charge on any atom is -0.493 e. The van der Waals surface area contributed by atoms with Crippen LogP contribution in [0.3, 0.4) is 0 Å². The maximum Gasteiger partial charge on any atom is 0.325 e. The molecule has 0 radical (unpaired) electrons. The molecule has 8 nitrogen and oxygen atoms in total. The van der Waals surface area contributed by atoms with Crippen molar-refractivity contribution in [3.05, 3.63) is 95.6 Å². The zero-order valence-corrected chi connectivity index (χ0v) is 20.4. The highest BCUT2D eigenvalue weighted by molar-refractivity contribution is 5.96. The summed E-state index contributed by atoms with van der Waals surface area (Å²) < 4.78 is 15.3. The second kappa shape index (κ2) is 13.5. The fourth-order valence-corrected chi connectivity index (χ4v) is 3.73. The van der Waals surface area contributed by atoms with Crippen molar-refractivity contribution in [3.63, 3.8) is 0 Å². The summed E-state index contributed by atoms with van der Waals surface area (Å²) in [5.74, 6) is -0.600. The van der Waals surface area contributed by atoms with Gasteiger partial charge in [-0.1, -0.05) is 60.7 Å². The predicted molar refractivity (Wildman–Crippen MR) is 135 cm³/mol. The van der Waals surface area contributed by atoms with Gasteiger partial charge in [0.05, 0.1) is 14.2 Å². The molecule has 0 bridgehead atoms. The van der Waals surface area contributed by atoms with E-state index in [1.54, 1.807) is 12.1 Å². The number of ether oxygens (including phenoxy) is 3. The number of amides is 2. The summed E-state index contributed by atoms with van der Waals surface area (Å²) in [6, 6.07) is 24.8. The van der Waals surface area contributed by atoms with Gasteiger partial charge < -0.3 is 24.8 Å². The van der Waals surface area contributed by atoms with Gasteiger partial charge >= 0.3 is 5.97 Å². The number of benzene rings is 3. The van der Waals surface area contributed by atoms with Crippen molar-refractivity contribution in [2.24, 2.45) is 0 Å². The van der Waals surface area contributed by atoms with Crippen LogP contribution in [0.25, 0.3) is 0 Å². The highest BCUT2D eigenvalue weighted by Gasteiger charge is 2.16. The lowest BCUT2D eigenvalue weighted by Crippen LogP contribution is -2.34. The van der Waals surface area contributed by atoms with Crippen molar-refractivity contribution in [2.45, 2.75) is 12.3 Å². The van der Waals surface area contributed by atoms with E-state index in [0.29, 0.717) is 30.0 Å². The van der Waals surface area contributed by atoms with Crippen LogP contribution in [0.4, 0.5) is 0 Å². The molecular weight excluding hydrogens is 460 g/mol. The average Bonchev–Trinajstić information content (AvgIpc) is 2.93. The highest BCUT2D eigenvalue weighted by Crippen LogP contribution is 2.28. The molecule has 2 amide bonds. The third-order valence-corrected chi connectivity index (χ3v) is 5.56. The van der Waals surface area contributed by atoms with Gasteiger partial charge in [0.25, 0.3) is 11.8 Å². The van der Waals surface area contributed by atoms with Gasteiger partial charge in [-0.3, -0.25) is 14.4 Å². The average molecular weight is 491 g/mol. The number of carbonyl (C=O) groups excluding carboxylic acids is 3. The summed E-state index contributed by atoms with van der Waals surface area (Å²) in [4.78, 5) is 36.5. The van der Waals surface area contributed by atoms with E-state index < -0.39 is 24.4 Å². The lowest BCUT2D eigenvalue weighted by atomic mass is 9.88. The van der Waals surface area contributed by atoms with Crippen molar-refractivity contribution in [1.29, 1.82) is 0 Å². The molecule has 0 unspecified atom stereocenters. The Bertz CT molecular complexity index is 1110. The molecule has 3 rings (SSSR count). The van der Waals surface area contributed by atoms with Crippen molar-refractivity contribution < 1.29 is 28.6 Å². The molecule has 0 saturated heterocycles. The Morgan fingerprint density at radius 2 is 1.39 bits per heavy atom. The molecule has 0 aliphatic carbocycles. The van der Waals surface area contributed by atoms with E-state index in [9.17, 15) is 14.4 Å². The van der Waals surface area contributed by atoms with Crippen LogP contribution in [-0.2, 0) is 14.3 Å². The van der Waals surface area contributed by atoms with E-state index in [2.05, 4.69) is 34.9 Å². The standard InChI is InChI=1S/C28H30N2O6/c1-34-24-14-13-22(17-25(24)35-2)28(33)30-18-27(32)36-19-26(31)29-16-15-23(20-9-5-3-6-10-20)21-11-7-4-8-12-21/h3-14,17,23H,15-16,18-19H2,1-2H3,(H,29,31)(H,30,33). The van der Waals surface area contributed by atoms with Crippen LogP contribution in [-0.4, -0.2) is 51.7 Å². The number of carbonyl (C=O) groups is 3. The van der Waals surface area contributed by atoms with Gasteiger partial charge in [-0.25, -0.2) is 0 Å². The fraction of sp³-hybridized carbons (Fsp3) is 0.250. The SMILES string of the molecule is COc1ccc(C(=O)NCC(=O)OCC(=O)NCCC(c2ccccc2)c2ccccc2)cc1OC. The van der Waals surface area contributed by atoms with Gasteiger partial charge in [-0.2, -0.15) is 0 Å². The summed E-state index contributed by atoms with van der Waals surface area (Å²) in [6.07, 6.45) is 0.690. The van der Waals surface area contributed by atoms with Crippen LogP contribution in [0, 0.1) is 0 Å². The number of methoxy groups -OCH3 is 2. The van der Waals surface area contributed by atoms with Gasteiger partial charge in [-0.15, -0.1) is 0 Å². The third kappa shape index (κ3) is 7.59. The van der Waals surface area contributed by atoms with Gasteiger partial charge in [0.15, 0.2) is 18.1 Å². The molecule has 3 aromatic carbocycles. The number of nitrogens with one attached hydrogen (secondary N) is 2. The summed E-state index contributed by atoms with van der Waals surface area (Å²) >= 11 is 0. The fourth-order valence-electron chi connectivity index (χ4n) is 3.73. The molecule has 0 heterocycles. The van der Waals surface area contributed by atoms with E-state index in [0.717, 1.165) is 11.1 Å². The van der Waals surface area contributed by atoms with E-state index in [1.807, 2.05) is 36.4 Å². The molecule has 0 spiro atoms. The van der Waals surface area contributed by atoms with E-state index in [1.165, 1.54) is 20.3 Å². The number of hydrogen-bond acceptors (Lipinski definition) is 6. The second-order valence-electron chi connectivity index (χ2n) is 7.93. The molecule has 188 valence electrons. The first-order chi connectivity index (χ1) is 17.5. The van der Waals surface area contributed by atoms with Crippen LogP contribution in [0.15, 0.2) is 78.9 Å². The Labute approximate surface area is 210 Å². The zero-order valence-electron chi connectivity index (χ0n) is 20.4. The summed E-state index contributed by atoms with van der Waals surface area (Å²) in [7, 11) is 2.96. The number of hydrogen-bond donors (Lipinski definition) is 2. The van der Waals surface area contributed by atoms with Crippen molar-refractivity contribution in [3.8, 4) is 11.5 Å². The van der Waals surface area contributed by atoms with Crippen LogP contribution in [0.5, 0.6) is 11.5 Å². The van der Waals surface area contributed by atoms with Crippen molar-refractivity contribution in [1.82, 2.24) is 10.6 Å². The van der Waals surface area contributed by atoms with E-state index in [-0.39, 0.29) is 12.5 Å². The van der Waals surface area contributed by atoms with E-state index >= 15 is 0 Å².